The Labute approximate surface area is 133 Å². The number of nitrogens with zero attached hydrogens (tertiary/aromatic N) is 4. The standard InChI is InChI=1S/C18H26N4/c1-18(2,3)15-9-7-14(8-10-15)17-19-16(20-21(17)4)13-22-11-5-6-12-22/h7-10H,5-6,11-13H2,1-4H3. The maximum absolute atomic E-state index is 4.75. The fourth-order valence-corrected chi connectivity index (χ4v) is 3.02. The molecule has 22 heavy (non-hydrogen) atoms. The number of hydrogen-bond donors (Lipinski definition) is 0. The van der Waals surface area contributed by atoms with Crippen LogP contribution in [0, 0.1) is 0 Å². The maximum Gasteiger partial charge on any atom is 0.165 e. The van der Waals surface area contributed by atoms with Crippen molar-refractivity contribution >= 4 is 0 Å². The van der Waals surface area contributed by atoms with Crippen LogP contribution in [0.5, 0.6) is 0 Å². The molecule has 0 saturated carbocycles. The van der Waals surface area contributed by atoms with Gasteiger partial charge < -0.3 is 0 Å². The topological polar surface area (TPSA) is 34.0 Å². The molecule has 0 aliphatic carbocycles. The van der Waals surface area contributed by atoms with Crippen LogP contribution in [0.2, 0.25) is 0 Å². The molecule has 1 fully saturated rings. The summed E-state index contributed by atoms with van der Waals surface area (Å²) >= 11 is 0. The van der Waals surface area contributed by atoms with Gasteiger partial charge in [-0.25, -0.2) is 9.67 Å². The van der Waals surface area contributed by atoms with E-state index in [1.165, 1.54) is 31.5 Å². The maximum atomic E-state index is 4.75. The molecular formula is C18H26N4. The van der Waals surface area contributed by atoms with E-state index in [4.69, 9.17) is 4.98 Å². The molecular weight excluding hydrogens is 272 g/mol. The summed E-state index contributed by atoms with van der Waals surface area (Å²) in [5.41, 5.74) is 2.66. The Morgan fingerprint density at radius 3 is 2.27 bits per heavy atom. The fourth-order valence-electron chi connectivity index (χ4n) is 3.02. The number of likely N-dealkylation sites (tertiary alicyclic amines) is 1. The van der Waals surface area contributed by atoms with Crippen molar-refractivity contribution in [1.29, 1.82) is 0 Å². The van der Waals surface area contributed by atoms with E-state index >= 15 is 0 Å². The highest BCUT2D eigenvalue weighted by Crippen LogP contribution is 2.25. The van der Waals surface area contributed by atoms with E-state index in [0.717, 1.165) is 23.8 Å². The van der Waals surface area contributed by atoms with Crippen molar-refractivity contribution in [2.75, 3.05) is 13.1 Å². The average molecular weight is 298 g/mol. The number of benzene rings is 1. The van der Waals surface area contributed by atoms with Crippen molar-refractivity contribution in [3.8, 4) is 11.4 Å². The molecule has 0 amide bonds. The van der Waals surface area contributed by atoms with Gasteiger partial charge in [0.25, 0.3) is 0 Å². The molecule has 0 N–H and O–H groups in total. The van der Waals surface area contributed by atoms with Crippen LogP contribution in [-0.2, 0) is 19.0 Å². The van der Waals surface area contributed by atoms with Gasteiger partial charge in [-0.05, 0) is 36.9 Å². The van der Waals surface area contributed by atoms with E-state index < -0.39 is 0 Å². The molecule has 1 aromatic carbocycles. The summed E-state index contributed by atoms with van der Waals surface area (Å²) in [7, 11) is 1.98. The molecule has 4 nitrogen and oxygen atoms in total. The highest BCUT2D eigenvalue weighted by molar-refractivity contribution is 5.56. The van der Waals surface area contributed by atoms with Crippen LogP contribution < -0.4 is 0 Å². The fraction of sp³-hybridized carbons (Fsp3) is 0.556. The van der Waals surface area contributed by atoms with Gasteiger partial charge in [0.15, 0.2) is 11.6 Å². The largest absolute Gasteiger partial charge is 0.296 e. The summed E-state index contributed by atoms with van der Waals surface area (Å²) in [6, 6.07) is 8.71. The van der Waals surface area contributed by atoms with E-state index in [-0.39, 0.29) is 5.41 Å². The highest BCUT2D eigenvalue weighted by Gasteiger charge is 2.17. The first-order valence-corrected chi connectivity index (χ1v) is 8.17. The molecule has 0 unspecified atom stereocenters. The second-order valence-corrected chi connectivity index (χ2v) is 7.29. The van der Waals surface area contributed by atoms with Crippen LogP contribution >= 0.6 is 0 Å². The summed E-state index contributed by atoms with van der Waals surface area (Å²) in [5, 5.41) is 4.59. The van der Waals surface area contributed by atoms with Crippen LogP contribution in [0.15, 0.2) is 24.3 Å². The lowest BCUT2D eigenvalue weighted by Crippen LogP contribution is -2.19. The van der Waals surface area contributed by atoms with E-state index in [2.05, 4.69) is 55.0 Å². The normalized spacial score (nSPS) is 16.4. The highest BCUT2D eigenvalue weighted by atomic mass is 15.3. The quantitative estimate of drug-likeness (QED) is 0.871. The third-order valence-electron chi connectivity index (χ3n) is 4.38. The molecule has 1 aliphatic rings. The molecule has 0 radical (unpaired) electrons. The van der Waals surface area contributed by atoms with Gasteiger partial charge in [0, 0.05) is 12.6 Å². The molecule has 2 heterocycles. The summed E-state index contributed by atoms with van der Waals surface area (Å²) in [6.07, 6.45) is 2.60. The van der Waals surface area contributed by atoms with Crippen LogP contribution in [-0.4, -0.2) is 32.8 Å². The van der Waals surface area contributed by atoms with Crippen molar-refractivity contribution in [2.45, 2.75) is 45.6 Å². The van der Waals surface area contributed by atoms with E-state index in [0.29, 0.717) is 0 Å². The summed E-state index contributed by atoms with van der Waals surface area (Å²) in [5.74, 6) is 1.88. The molecule has 4 heteroatoms. The Morgan fingerprint density at radius 1 is 1.05 bits per heavy atom. The summed E-state index contributed by atoms with van der Waals surface area (Å²) < 4.78 is 1.90. The Morgan fingerprint density at radius 2 is 1.68 bits per heavy atom. The second kappa shape index (κ2) is 5.84. The lowest BCUT2D eigenvalue weighted by Gasteiger charge is -2.19. The van der Waals surface area contributed by atoms with Crippen LogP contribution in [0.3, 0.4) is 0 Å². The molecule has 0 bridgehead atoms. The first-order chi connectivity index (χ1) is 10.4. The predicted molar refractivity (Wildman–Crippen MR) is 89.7 cm³/mol. The van der Waals surface area contributed by atoms with Crippen molar-refractivity contribution in [2.24, 2.45) is 7.05 Å². The predicted octanol–water partition coefficient (Wildman–Crippen LogP) is 3.38. The van der Waals surface area contributed by atoms with Gasteiger partial charge in [-0.1, -0.05) is 45.0 Å². The smallest absolute Gasteiger partial charge is 0.165 e. The molecule has 3 rings (SSSR count). The van der Waals surface area contributed by atoms with Gasteiger partial charge in [-0.3, -0.25) is 4.90 Å². The first-order valence-electron chi connectivity index (χ1n) is 8.17. The molecule has 1 aliphatic heterocycles. The van der Waals surface area contributed by atoms with E-state index in [9.17, 15) is 0 Å². The first kappa shape index (κ1) is 15.2. The Hall–Kier alpha value is -1.68. The minimum Gasteiger partial charge on any atom is -0.296 e. The summed E-state index contributed by atoms with van der Waals surface area (Å²) in [4.78, 5) is 7.18. The molecule has 0 atom stereocenters. The van der Waals surface area contributed by atoms with Crippen molar-refractivity contribution in [3.05, 3.63) is 35.7 Å². The van der Waals surface area contributed by atoms with Gasteiger partial charge in [0.05, 0.1) is 6.54 Å². The minimum absolute atomic E-state index is 0.180. The lowest BCUT2D eigenvalue weighted by molar-refractivity contribution is 0.322. The minimum atomic E-state index is 0.180. The lowest BCUT2D eigenvalue weighted by atomic mass is 9.87. The van der Waals surface area contributed by atoms with Crippen molar-refractivity contribution in [3.63, 3.8) is 0 Å². The Kier molecular flexibility index (Phi) is 4.04. The van der Waals surface area contributed by atoms with Gasteiger partial charge >= 0.3 is 0 Å². The molecule has 2 aromatic rings. The van der Waals surface area contributed by atoms with Gasteiger partial charge in [-0.15, -0.1) is 0 Å². The molecule has 0 spiro atoms. The van der Waals surface area contributed by atoms with Crippen LogP contribution in [0.25, 0.3) is 11.4 Å². The third-order valence-corrected chi connectivity index (χ3v) is 4.38. The van der Waals surface area contributed by atoms with E-state index in [1.807, 2.05) is 11.7 Å². The van der Waals surface area contributed by atoms with Crippen LogP contribution in [0.1, 0.15) is 45.0 Å². The zero-order valence-electron chi connectivity index (χ0n) is 14.1. The summed E-state index contributed by atoms with van der Waals surface area (Å²) in [6.45, 7) is 9.92. The van der Waals surface area contributed by atoms with Crippen molar-refractivity contribution < 1.29 is 0 Å². The Balaban J connectivity index is 1.80. The third kappa shape index (κ3) is 3.22. The van der Waals surface area contributed by atoms with Crippen LogP contribution in [0.4, 0.5) is 0 Å². The second-order valence-electron chi connectivity index (χ2n) is 7.29. The van der Waals surface area contributed by atoms with E-state index in [1.54, 1.807) is 0 Å². The number of hydrogen-bond acceptors (Lipinski definition) is 3. The van der Waals surface area contributed by atoms with Gasteiger partial charge in [0.2, 0.25) is 0 Å². The molecule has 118 valence electrons. The number of aryl methyl sites for hydroxylation is 1. The zero-order valence-corrected chi connectivity index (χ0v) is 14.1. The van der Waals surface area contributed by atoms with Gasteiger partial charge in [0.1, 0.15) is 0 Å². The SMILES string of the molecule is Cn1nc(CN2CCCC2)nc1-c1ccc(C(C)(C)C)cc1. The number of rotatable bonds is 3. The Bertz CT molecular complexity index is 628. The van der Waals surface area contributed by atoms with Crippen molar-refractivity contribution in [1.82, 2.24) is 19.7 Å². The average Bonchev–Trinajstić information content (AvgIpc) is 3.08. The number of aromatic nitrogens is 3. The van der Waals surface area contributed by atoms with Gasteiger partial charge in [-0.2, -0.15) is 5.10 Å². The molecule has 1 saturated heterocycles. The zero-order chi connectivity index (χ0) is 15.7. The monoisotopic (exact) mass is 298 g/mol. The molecule has 1 aromatic heterocycles.